The molecule has 2 aromatic carbocycles. The first-order chi connectivity index (χ1) is 13.2. The average Bonchev–Trinajstić information content (AvgIpc) is 3.04. The molecule has 0 saturated carbocycles. The number of carbonyl (C=O) groups is 2. The zero-order chi connectivity index (χ0) is 20.5. The van der Waals surface area contributed by atoms with Crippen molar-refractivity contribution in [2.75, 3.05) is 19.9 Å². The normalized spacial score (nSPS) is 11.4. The fourth-order valence-corrected chi connectivity index (χ4v) is 3.88. The highest BCUT2D eigenvalue weighted by Crippen LogP contribution is 2.30. The molecule has 3 aromatic rings. The van der Waals surface area contributed by atoms with Crippen LogP contribution in [0, 0.1) is 5.82 Å². The number of methoxy groups -OCH3 is 1. The summed E-state index contributed by atoms with van der Waals surface area (Å²) in [5.74, 6) is -1.51. The van der Waals surface area contributed by atoms with Gasteiger partial charge in [0, 0.05) is 10.9 Å². The van der Waals surface area contributed by atoms with Crippen molar-refractivity contribution in [2.45, 2.75) is 0 Å². The number of carbonyl (C=O) groups excluding carboxylic acids is 2. The average molecular weight is 404 g/mol. The van der Waals surface area contributed by atoms with Crippen molar-refractivity contribution in [1.29, 1.82) is 0 Å². The largest absolute Gasteiger partial charge is 0.468 e. The number of nitrogens with one attached hydrogen (secondary N) is 1. The summed E-state index contributed by atoms with van der Waals surface area (Å²) in [5, 5.41) is 2.86. The number of hydrogen-bond acceptors (Lipinski definition) is 5. The van der Waals surface area contributed by atoms with Crippen molar-refractivity contribution in [2.24, 2.45) is 0 Å². The van der Waals surface area contributed by atoms with E-state index < -0.39 is 27.7 Å². The van der Waals surface area contributed by atoms with Crippen LogP contribution in [0.4, 0.5) is 4.39 Å². The Morgan fingerprint density at radius 3 is 2.39 bits per heavy atom. The highest BCUT2D eigenvalue weighted by Gasteiger charge is 2.18. The van der Waals surface area contributed by atoms with Crippen LogP contribution in [0.5, 0.6) is 0 Å². The van der Waals surface area contributed by atoms with E-state index in [9.17, 15) is 22.4 Å². The highest BCUT2D eigenvalue weighted by molar-refractivity contribution is 7.89. The van der Waals surface area contributed by atoms with Gasteiger partial charge in [0.2, 0.25) is 10.0 Å². The lowest BCUT2D eigenvalue weighted by Gasteiger charge is -2.09. The van der Waals surface area contributed by atoms with E-state index >= 15 is 0 Å². The Morgan fingerprint density at radius 1 is 1.11 bits per heavy atom. The van der Waals surface area contributed by atoms with Gasteiger partial charge in [-0.15, -0.1) is 0 Å². The number of benzene rings is 2. The summed E-state index contributed by atoms with van der Waals surface area (Å²) in [6, 6.07) is 11.6. The Balaban J connectivity index is 1.99. The monoisotopic (exact) mass is 404 g/mol. The van der Waals surface area contributed by atoms with Crippen molar-refractivity contribution in [3.05, 3.63) is 59.9 Å². The van der Waals surface area contributed by atoms with Crippen molar-refractivity contribution in [3.63, 3.8) is 0 Å². The van der Waals surface area contributed by atoms with Gasteiger partial charge in [0.1, 0.15) is 12.4 Å². The van der Waals surface area contributed by atoms with E-state index in [-0.39, 0.29) is 6.54 Å². The summed E-state index contributed by atoms with van der Waals surface area (Å²) < 4.78 is 43.7. The van der Waals surface area contributed by atoms with E-state index in [1.165, 1.54) is 37.4 Å². The summed E-state index contributed by atoms with van der Waals surface area (Å²) in [5.41, 5.74) is 1.54. The van der Waals surface area contributed by atoms with Gasteiger partial charge in [-0.2, -0.15) is 0 Å². The van der Waals surface area contributed by atoms with Gasteiger partial charge in [0.05, 0.1) is 24.6 Å². The predicted molar refractivity (Wildman–Crippen MR) is 102 cm³/mol. The van der Waals surface area contributed by atoms with Crippen LogP contribution in [0.25, 0.3) is 22.2 Å². The van der Waals surface area contributed by atoms with Crippen LogP contribution in [0.1, 0.15) is 10.4 Å². The van der Waals surface area contributed by atoms with Crippen molar-refractivity contribution < 1.29 is 27.1 Å². The zero-order valence-corrected chi connectivity index (χ0v) is 15.9. The fourth-order valence-electron chi connectivity index (χ4n) is 2.84. The molecular weight excluding hydrogens is 387 g/mol. The molecular formula is C19H17FN2O5S. The molecule has 28 heavy (non-hydrogen) atoms. The Hall–Kier alpha value is -3.20. The quantitative estimate of drug-likeness (QED) is 0.658. The lowest BCUT2D eigenvalue weighted by molar-refractivity contribution is -0.139. The number of esters is 1. The van der Waals surface area contributed by atoms with Gasteiger partial charge in [-0.3, -0.25) is 9.59 Å². The van der Waals surface area contributed by atoms with E-state index in [0.717, 1.165) is 10.2 Å². The van der Waals surface area contributed by atoms with E-state index in [1.54, 1.807) is 18.2 Å². The van der Waals surface area contributed by atoms with E-state index in [1.807, 2.05) is 0 Å². The Labute approximate surface area is 160 Å². The maximum absolute atomic E-state index is 13.5. The SMILES string of the molecule is COC(=O)CNC(=O)c1ccc(-c2cc3cc(F)ccc3n2S(C)(=O)=O)cc1. The van der Waals surface area contributed by atoms with Gasteiger partial charge in [0.25, 0.3) is 5.91 Å². The number of fused-ring (bicyclic) bond motifs is 1. The first-order valence-electron chi connectivity index (χ1n) is 8.17. The van der Waals surface area contributed by atoms with E-state index in [4.69, 9.17) is 0 Å². The molecule has 9 heteroatoms. The second-order valence-electron chi connectivity index (χ2n) is 6.10. The molecule has 3 rings (SSSR count). The molecule has 0 fully saturated rings. The number of halogens is 1. The lowest BCUT2D eigenvalue weighted by Crippen LogP contribution is -2.30. The summed E-state index contributed by atoms with van der Waals surface area (Å²) in [4.78, 5) is 23.2. The minimum Gasteiger partial charge on any atom is -0.468 e. The Morgan fingerprint density at radius 2 is 1.79 bits per heavy atom. The third-order valence-electron chi connectivity index (χ3n) is 4.11. The van der Waals surface area contributed by atoms with Crippen LogP contribution in [-0.2, 0) is 19.6 Å². The summed E-state index contributed by atoms with van der Waals surface area (Å²) >= 11 is 0. The first-order valence-corrected chi connectivity index (χ1v) is 10.0. The molecule has 146 valence electrons. The molecule has 0 spiro atoms. The molecule has 0 radical (unpaired) electrons. The van der Waals surface area contributed by atoms with Crippen molar-refractivity contribution >= 4 is 32.8 Å². The first kappa shape index (κ1) is 19.6. The Kier molecular flexibility index (Phi) is 5.19. The van der Waals surface area contributed by atoms with Crippen LogP contribution in [-0.4, -0.2) is 44.2 Å². The lowest BCUT2D eigenvalue weighted by atomic mass is 10.1. The molecule has 0 bridgehead atoms. The third kappa shape index (κ3) is 3.89. The second kappa shape index (κ2) is 7.43. The van der Waals surface area contributed by atoms with Gasteiger partial charge in [-0.25, -0.2) is 16.8 Å². The van der Waals surface area contributed by atoms with Gasteiger partial charge in [0.15, 0.2) is 0 Å². The van der Waals surface area contributed by atoms with E-state index in [2.05, 4.69) is 10.1 Å². The van der Waals surface area contributed by atoms with Gasteiger partial charge in [-0.05, 0) is 42.0 Å². The molecule has 0 unspecified atom stereocenters. The van der Waals surface area contributed by atoms with Gasteiger partial charge in [-0.1, -0.05) is 12.1 Å². The Bertz CT molecular complexity index is 1170. The molecule has 0 aliphatic heterocycles. The maximum atomic E-state index is 13.5. The number of nitrogens with zero attached hydrogens (tertiary/aromatic N) is 1. The van der Waals surface area contributed by atoms with Crippen LogP contribution in [0.15, 0.2) is 48.5 Å². The zero-order valence-electron chi connectivity index (χ0n) is 15.1. The van der Waals surface area contributed by atoms with Gasteiger partial charge < -0.3 is 10.1 Å². The summed E-state index contributed by atoms with van der Waals surface area (Å²) in [7, 11) is -2.44. The van der Waals surface area contributed by atoms with Gasteiger partial charge >= 0.3 is 5.97 Å². The number of ether oxygens (including phenoxy) is 1. The van der Waals surface area contributed by atoms with Crippen LogP contribution >= 0.6 is 0 Å². The smallest absolute Gasteiger partial charge is 0.325 e. The number of hydrogen-bond donors (Lipinski definition) is 1. The summed E-state index contributed by atoms with van der Waals surface area (Å²) in [6.45, 7) is -0.259. The number of aromatic nitrogens is 1. The molecule has 0 atom stereocenters. The highest BCUT2D eigenvalue weighted by atomic mass is 32.2. The molecule has 7 nitrogen and oxygen atoms in total. The van der Waals surface area contributed by atoms with Crippen LogP contribution in [0.2, 0.25) is 0 Å². The van der Waals surface area contributed by atoms with Crippen LogP contribution in [0.3, 0.4) is 0 Å². The molecule has 1 amide bonds. The second-order valence-corrected chi connectivity index (χ2v) is 7.93. The standard InChI is InChI=1S/C19H17FN2O5S/c1-27-18(23)11-21-19(24)13-5-3-12(4-6-13)17-10-14-9-15(20)7-8-16(14)22(17)28(2,25)26/h3-10H,11H2,1-2H3,(H,21,24). The number of amides is 1. The molecule has 1 heterocycles. The third-order valence-corrected chi connectivity index (χ3v) is 5.17. The number of rotatable bonds is 5. The minimum absolute atomic E-state index is 0.259. The molecule has 0 saturated heterocycles. The molecule has 1 N–H and O–H groups in total. The topological polar surface area (TPSA) is 94.5 Å². The molecule has 0 aliphatic rings. The molecule has 1 aromatic heterocycles. The van der Waals surface area contributed by atoms with E-state index in [0.29, 0.717) is 27.7 Å². The van der Waals surface area contributed by atoms with Crippen molar-refractivity contribution in [3.8, 4) is 11.3 Å². The maximum Gasteiger partial charge on any atom is 0.325 e. The minimum atomic E-state index is -3.66. The van der Waals surface area contributed by atoms with Crippen LogP contribution < -0.4 is 5.32 Å². The fraction of sp³-hybridized carbons (Fsp3) is 0.158. The van der Waals surface area contributed by atoms with Crippen molar-refractivity contribution in [1.82, 2.24) is 9.29 Å². The predicted octanol–water partition coefficient (Wildman–Crippen LogP) is 2.16. The molecule has 0 aliphatic carbocycles. The summed E-state index contributed by atoms with van der Waals surface area (Å²) in [6.07, 6.45) is 1.06.